The van der Waals surface area contributed by atoms with Crippen molar-refractivity contribution in [2.45, 2.75) is 6.42 Å². The molecule has 1 aliphatic rings. The number of methoxy groups -OCH3 is 2. The maximum Gasteiger partial charge on any atom is 0.380 e. The molecule has 0 bridgehead atoms. The molecule has 0 spiro atoms. The summed E-state index contributed by atoms with van der Waals surface area (Å²) in [6.07, 6.45) is 5.57. The van der Waals surface area contributed by atoms with Crippen LogP contribution in [0.2, 0.25) is 5.02 Å². The second-order valence-corrected chi connectivity index (χ2v) is 6.59. The minimum absolute atomic E-state index is 0.0159. The number of hydrogen-bond donors (Lipinski definition) is 0. The number of pyridine rings is 2. The topological polar surface area (TPSA) is 105 Å². The number of aromatic nitrogens is 2. The lowest BCUT2D eigenvalue weighted by Gasteiger charge is -2.02. The van der Waals surface area contributed by atoms with E-state index in [0.29, 0.717) is 28.7 Å². The molecule has 0 saturated heterocycles. The van der Waals surface area contributed by atoms with E-state index >= 15 is 0 Å². The van der Waals surface area contributed by atoms with Crippen molar-refractivity contribution in [1.29, 1.82) is 0 Å². The van der Waals surface area contributed by atoms with Crippen molar-refractivity contribution in [1.82, 2.24) is 9.97 Å². The Kier molecular flexibility index (Phi) is 5.24. The zero-order chi connectivity index (χ0) is 21.3. The zero-order valence-corrected chi connectivity index (χ0v) is 16.7. The van der Waals surface area contributed by atoms with Crippen LogP contribution < -0.4 is 16.0 Å². The van der Waals surface area contributed by atoms with E-state index in [-0.39, 0.29) is 16.4 Å². The Balaban J connectivity index is 0.000000147. The van der Waals surface area contributed by atoms with Gasteiger partial charge in [-0.25, -0.2) is 9.59 Å². The Morgan fingerprint density at radius 3 is 2.23 bits per heavy atom. The van der Waals surface area contributed by atoms with Crippen LogP contribution in [0, 0.1) is 0 Å². The van der Waals surface area contributed by atoms with Crippen molar-refractivity contribution in [2.24, 2.45) is 0 Å². The van der Waals surface area contributed by atoms with Crippen LogP contribution in [0.5, 0.6) is 5.75 Å². The third kappa shape index (κ3) is 3.42. The largest absolute Gasteiger partial charge is 0.501 e. The minimum Gasteiger partial charge on any atom is -0.501 e. The summed E-state index contributed by atoms with van der Waals surface area (Å²) >= 11 is 5.90. The summed E-state index contributed by atoms with van der Waals surface area (Å²) in [5, 5.41) is 0.180. The Labute approximate surface area is 174 Å². The molecular formula is C21H15ClN2O6. The van der Waals surface area contributed by atoms with E-state index in [2.05, 4.69) is 9.97 Å². The summed E-state index contributed by atoms with van der Waals surface area (Å²) < 4.78 is 20.1. The Bertz CT molecular complexity index is 1410. The molecule has 30 heavy (non-hydrogen) atoms. The fourth-order valence-electron chi connectivity index (χ4n) is 3.10. The van der Waals surface area contributed by atoms with Gasteiger partial charge in [0.1, 0.15) is 21.8 Å². The van der Waals surface area contributed by atoms with Gasteiger partial charge in [-0.15, -0.1) is 0 Å². The van der Waals surface area contributed by atoms with Gasteiger partial charge in [0.05, 0.1) is 19.8 Å². The van der Waals surface area contributed by atoms with Gasteiger partial charge in [-0.1, -0.05) is 11.6 Å². The molecule has 8 nitrogen and oxygen atoms in total. The maximum absolute atomic E-state index is 11.7. The molecule has 0 amide bonds. The third-order valence-corrected chi connectivity index (χ3v) is 4.84. The number of rotatable bonds is 2. The first-order valence-electron chi connectivity index (χ1n) is 8.80. The number of halogens is 1. The van der Waals surface area contributed by atoms with E-state index in [1.807, 2.05) is 0 Å². The SMILES string of the molecule is COC1=Cc2c(c3ncccc3oc2=O)C1.COc1c(Cl)c2ncccc2oc1=O. The van der Waals surface area contributed by atoms with Crippen molar-refractivity contribution in [3.63, 3.8) is 0 Å². The predicted octanol–water partition coefficient (Wildman–Crippen LogP) is 3.58. The number of fused-ring (bicyclic) bond motifs is 4. The van der Waals surface area contributed by atoms with Crippen LogP contribution in [-0.2, 0) is 11.2 Å². The van der Waals surface area contributed by atoms with Gasteiger partial charge in [-0.3, -0.25) is 9.97 Å². The van der Waals surface area contributed by atoms with E-state index in [4.69, 9.17) is 29.9 Å². The molecule has 5 rings (SSSR count). The molecule has 0 radical (unpaired) electrons. The number of ether oxygens (including phenoxy) is 2. The summed E-state index contributed by atoms with van der Waals surface area (Å²) in [6.45, 7) is 0. The van der Waals surface area contributed by atoms with Gasteiger partial charge in [-0.2, -0.15) is 0 Å². The van der Waals surface area contributed by atoms with Gasteiger partial charge in [0.15, 0.2) is 11.2 Å². The molecule has 9 heteroatoms. The lowest BCUT2D eigenvalue weighted by atomic mass is 10.1. The first-order valence-corrected chi connectivity index (χ1v) is 9.18. The highest BCUT2D eigenvalue weighted by molar-refractivity contribution is 6.36. The molecule has 152 valence electrons. The number of nitrogens with zero attached hydrogens (tertiary/aromatic N) is 2. The Morgan fingerprint density at radius 1 is 0.933 bits per heavy atom. The predicted molar refractivity (Wildman–Crippen MR) is 111 cm³/mol. The maximum atomic E-state index is 11.7. The highest BCUT2D eigenvalue weighted by Gasteiger charge is 2.21. The first-order chi connectivity index (χ1) is 14.5. The smallest absolute Gasteiger partial charge is 0.380 e. The standard InChI is InChI=1S/C12H9NO3.C9H6ClNO3/c1-15-7-5-8-9(6-7)12(14)16-10-3-2-4-13-11(8)10;1-13-8-6(10)7-5(14-9(8)12)3-2-4-11-7/h2-4,6H,5H2,1H3;2-4H,1H3. The van der Waals surface area contributed by atoms with Gasteiger partial charge >= 0.3 is 11.3 Å². The highest BCUT2D eigenvalue weighted by Crippen LogP contribution is 2.28. The molecular weight excluding hydrogens is 412 g/mol. The molecule has 0 saturated carbocycles. The van der Waals surface area contributed by atoms with Crippen LogP contribution in [0.1, 0.15) is 11.1 Å². The monoisotopic (exact) mass is 426 g/mol. The fraction of sp³-hybridized carbons (Fsp3) is 0.143. The van der Waals surface area contributed by atoms with Crippen molar-refractivity contribution in [2.75, 3.05) is 14.2 Å². The van der Waals surface area contributed by atoms with Crippen molar-refractivity contribution < 1.29 is 18.3 Å². The van der Waals surface area contributed by atoms with Crippen LogP contribution >= 0.6 is 11.6 Å². The summed E-state index contributed by atoms with van der Waals surface area (Å²) in [5.74, 6) is 0.748. The molecule has 0 N–H and O–H groups in total. The lowest BCUT2D eigenvalue weighted by Crippen LogP contribution is -2.05. The summed E-state index contributed by atoms with van der Waals surface area (Å²) in [7, 11) is 2.95. The number of hydrogen-bond acceptors (Lipinski definition) is 8. The van der Waals surface area contributed by atoms with Gasteiger partial charge in [-0.05, 0) is 30.3 Å². The normalized spacial score (nSPS) is 12.2. The molecule has 1 aliphatic carbocycles. The quantitative estimate of drug-likeness (QED) is 0.479. The van der Waals surface area contributed by atoms with Gasteiger partial charge in [0.25, 0.3) is 0 Å². The second-order valence-electron chi connectivity index (χ2n) is 6.21. The minimum atomic E-state index is -0.599. The van der Waals surface area contributed by atoms with E-state index < -0.39 is 5.63 Å². The molecule has 0 unspecified atom stereocenters. The third-order valence-electron chi connectivity index (χ3n) is 4.49. The molecule has 0 atom stereocenters. The first kappa shape index (κ1) is 19.7. The van der Waals surface area contributed by atoms with E-state index in [1.165, 1.54) is 7.11 Å². The molecule has 4 aromatic heterocycles. The molecule has 0 aliphatic heterocycles. The van der Waals surface area contributed by atoms with E-state index in [0.717, 1.165) is 16.8 Å². The lowest BCUT2D eigenvalue weighted by molar-refractivity contribution is 0.290. The van der Waals surface area contributed by atoms with Crippen LogP contribution in [0.4, 0.5) is 0 Å². The van der Waals surface area contributed by atoms with E-state index in [1.54, 1.807) is 49.8 Å². The van der Waals surface area contributed by atoms with Crippen molar-refractivity contribution in [3.8, 4) is 5.75 Å². The van der Waals surface area contributed by atoms with Gasteiger partial charge in [0, 0.05) is 24.4 Å². The van der Waals surface area contributed by atoms with Crippen LogP contribution in [-0.4, -0.2) is 24.2 Å². The zero-order valence-electron chi connectivity index (χ0n) is 16.0. The molecule has 4 heterocycles. The van der Waals surface area contributed by atoms with Crippen molar-refractivity contribution >= 4 is 39.9 Å². The van der Waals surface area contributed by atoms with E-state index in [9.17, 15) is 9.59 Å². The second kappa shape index (κ2) is 8.00. The van der Waals surface area contributed by atoms with Gasteiger partial charge < -0.3 is 18.3 Å². The summed E-state index contributed by atoms with van der Waals surface area (Å²) in [5.41, 5.74) is 2.55. The van der Waals surface area contributed by atoms with Gasteiger partial charge in [0.2, 0.25) is 5.75 Å². The molecule has 0 aromatic carbocycles. The highest BCUT2D eigenvalue weighted by atomic mass is 35.5. The summed E-state index contributed by atoms with van der Waals surface area (Å²) in [6, 6.07) is 6.77. The average molecular weight is 427 g/mol. The van der Waals surface area contributed by atoms with Crippen LogP contribution in [0.25, 0.3) is 28.3 Å². The number of allylic oxidation sites excluding steroid dienone is 1. The van der Waals surface area contributed by atoms with Crippen LogP contribution in [0.15, 0.2) is 60.8 Å². The van der Waals surface area contributed by atoms with Crippen LogP contribution in [0.3, 0.4) is 0 Å². The fourth-order valence-corrected chi connectivity index (χ4v) is 3.40. The average Bonchev–Trinajstić information content (AvgIpc) is 3.20. The van der Waals surface area contributed by atoms with Crippen molar-refractivity contribution in [3.05, 3.63) is 79.4 Å². The summed E-state index contributed by atoms with van der Waals surface area (Å²) in [4.78, 5) is 31.2. The Morgan fingerprint density at radius 2 is 1.57 bits per heavy atom. The Hall–Kier alpha value is -3.65. The molecule has 4 aromatic rings. The molecule has 0 fully saturated rings.